The van der Waals surface area contributed by atoms with E-state index in [-0.39, 0.29) is 17.0 Å². The van der Waals surface area contributed by atoms with Gasteiger partial charge < -0.3 is 15.2 Å². The Labute approximate surface area is 124 Å². The summed E-state index contributed by atoms with van der Waals surface area (Å²) in [5.41, 5.74) is 1.13. The zero-order valence-corrected chi connectivity index (χ0v) is 12.7. The lowest BCUT2D eigenvalue weighted by Crippen LogP contribution is -2.52. The van der Waals surface area contributed by atoms with Crippen molar-refractivity contribution in [2.24, 2.45) is 0 Å². The standard InChI is InChI=1S/C16H21NO4/c1-10-5-6-11(2)13(15(19)20)12(10)14(18)17-16(3)7-4-8-21-9-16/h5-6H,4,7-9H2,1-3H3,(H,17,18)(H,19,20). The highest BCUT2D eigenvalue weighted by molar-refractivity contribution is 6.07. The molecular weight excluding hydrogens is 270 g/mol. The Hall–Kier alpha value is -1.88. The molecule has 0 bridgehead atoms. The van der Waals surface area contributed by atoms with Gasteiger partial charge in [0.05, 0.1) is 23.3 Å². The van der Waals surface area contributed by atoms with E-state index < -0.39 is 11.5 Å². The molecule has 1 aliphatic rings. The van der Waals surface area contributed by atoms with Crippen LogP contribution in [-0.4, -0.2) is 35.7 Å². The van der Waals surface area contributed by atoms with Crippen LogP contribution in [0, 0.1) is 13.8 Å². The quantitative estimate of drug-likeness (QED) is 0.896. The van der Waals surface area contributed by atoms with Crippen LogP contribution >= 0.6 is 0 Å². The van der Waals surface area contributed by atoms with Crippen molar-refractivity contribution in [3.8, 4) is 0 Å². The van der Waals surface area contributed by atoms with Crippen molar-refractivity contribution < 1.29 is 19.4 Å². The van der Waals surface area contributed by atoms with E-state index in [0.29, 0.717) is 24.3 Å². The summed E-state index contributed by atoms with van der Waals surface area (Å²) in [6, 6.07) is 3.50. The molecule has 2 rings (SSSR count). The van der Waals surface area contributed by atoms with Crippen LogP contribution in [-0.2, 0) is 4.74 Å². The van der Waals surface area contributed by atoms with Gasteiger partial charge in [0.15, 0.2) is 0 Å². The second kappa shape index (κ2) is 5.85. The third-order valence-electron chi connectivity index (χ3n) is 3.92. The van der Waals surface area contributed by atoms with Crippen molar-refractivity contribution in [2.45, 2.75) is 39.2 Å². The first-order chi connectivity index (χ1) is 9.84. The fraction of sp³-hybridized carbons (Fsp3) is 0.500. The fourth-order valence-electron chi connectivity index (χ4n) is 2.75. The lowest BCUT2D eigenvalue weighted by atomic mass is 9.92. The van der Waals surface area contributed by atoms with Gasteiger partial charge in [0.25, 0.3) is 5.91 Å². The largest absolute Gasteiger partial charge is 0.478 e. The summed E-state index contributed by atoms with van der Waals surface area (Å²) in [6.07, 6.45) is 1.71. The molecule has 1 unspecified atom stereocenters. The first-order valence-corrected chi connectivity index (χ1v) is 7.08. The third kappa shape index (κ3) is 3.24. The molecule has 1 amide bonds. The number of ether oxygens (including phenoxy) is 1. The maximum Gasteiger partial charge on any atom is 0.336 e. The van der Waals surface area contributed by atoms with Gasteiger partial charge in [-0.15, -0.1) is 0 Å². The number of hydrogen-bond donors (Lipinski definition) is 2. The van der Waals surface area contributed by atoms with Gasteiger partial charge >= 0.3 is 5.97 Å². The zero-order valence-electron chi connectivity index (χ0n) is 12.7. The highest BCUT2D eigenvalue weighted by Gasteiger charge is 2.31. The lowest BCUT2D eigenvalue weighted by Gasteiger charge is -2.34. The number of amides is 1. The molecule has 1 saturated heterocycles. The van der Waals surface area contributed by atoms with Crippen LogP contribution in [0.5, 0.6) is 0 Å². The number of benzene rings is 1. The first-order valence-electron chi connectivity index (χ1n) is 7.08. The van der Waals surface area contributed by atoms with Crippen LogP contribution < -0.4 is 5.32 Å². The Kier molecular flexibility index (Phi) is 4.32. The molecule has 0 aliphatic carbocycles. The number of carbonyl (C=O) groups is 2. The number of carbonyl (C=O) groups excluding carboxylic acids is 1. The maximum absolute atomic E-state index is 12.6. The van der Waals surface area contributed by atoms with Crippen LogP contribution in [0.3, 0.4) is 0 Å². The minimum atomic E-state index is -1.08. The molecule has 0 aromatic heterocycles. The smallest absolute Gasteiger partial charge is 0.336 e. The van der Waals surface area contributed by atoms with Crippen molar-refractivity contribution in [1.82, 2.24) is 5.32 Å². The average Bonchev–Trinajstić information content (AvgIpc) is 2.40. The Morgan fingerprint density at radius 3 is 2.38 bits per heavy atom. The van der Waals surface area contributed by atoms with Crippen LogP contribution in [0.1, 0.15) is 51.6 Å². The van der Waals surface area contributed by atoms with Gasteiger partial charge in [-0.05, 0) is 44.7 Å². The topological polar surface area (TPSA) is 75.6 Å². The number of aryl methyl sites for hydroxylation is 2. The number of aromatic carboxylic acids is 1. The molecule has 114 valence electrons. The highest BCUT2D eigenvalue weighted by atomic mass is 16.5. The van der Waals surface area contributed by atoms with Crippen molar-refractivity contribution in [2.75, 3.05) is 13.2 Å². The summed E-state index contributed by atoms with van der Waals surface area (Å²) in [5, 5.41) is 12.3. The molecule has 0 radical (unpaired) electrons. The molecule has 1 heterocycles. The van der Waals surface area contributed by atoms with E-state index in [1.807, 2.05) is 6.92 Å². The van der Waals surface area contributed by atoms with E-state index in [1.165, 1.54) is 0 Å². The normalized spacial score (nSPS) is 21.9. The average molecular weight is 291 g/mol. The summed E-state index contributed by atoms with van der Waals surface area (Å²) < 4.78 is 5.42. The van der Waals surface area contributed by atoms with E-state index >= 15 is 0 Å². The summed E-state index contributed by atoms with van der Waals surface area (Å²) in [4.78, 5) is 24.1. The van der Waals surface area contributed by atoms with Gasteiger partial charge in [-0.2, -0.15) is 0 Å². The predicted octanol–water partition coefficient (Wildman–Crippen LogP) is 2.30. The minimum Gasteiger partial charge on any atom is -0.478 e. The summed E-state index contributed by atoms with van der Waals surface area (Å²) >= 11 is 0. The second-order valence-electron chi connectivity index (χ2n) is 5.93. The monoisotopic (exact) mass is 291 g/mol. The number of rotatable bonds is 3. The van der Waals surface area contributed by atoms with E-state index in [2.05, 4.69) is 5.32 Å². The number of carboxylic acids is 1. The maximum atomic E-state index is 12.6. The van der Waals surface area contributed by atoms with Gasteiger partial charge in [-0.25, -0.2) is 4.79 Å². The van der Waals surface area contributed by atoms with Crippen molar-refractivity contribution >= 4 is 11.9 Å². The van der Waals surface area contributed by atoms with Gasteiger partial charge in [-0.1, -0.05) is 12.1 Å². The first kappa shape index (κ1) is 15.5. The van der Waals surface area contributed by atoms with Gasteiger partial charge in [0, 0.05) is 6.61 Å². The molecule has 1 aliphatic heterocycles. The van der Waals surface area contributed by atoms with Gasteiger partial charge in [-0.3, -0.25) is 4.79 Å². The van der Waals surface area contributed by atoms with Crippen molar-refractivity contribution in [3.63, 3.8) is 0 Å². The summed E-state index contributed by atoms with van der Waals surface area (Å²) in [5.74, 6) is -1.42. The van der Waals surface area contributed by atoms with Crippen LogP contribution in [0.15, 0.2) is 12.1 Å². The highest BCUT2D eigenvalue weighted by Crippen LogP contribution is 2.23. The summed E-state index contributed by atoms with van der Waals surface area (Å²) in [6.45, 7) is 6.53. The molecule has 1 atom stereocenters. The number of hydrogen-bond acceptors (Lipinski definition) is 3. The van der Waals surface area contributed by atoms with Crippen LogP contribution in [0.4, 0.5) is 0 Å². The molecule has 1 aromatic rings. The van der Waals surface area contributed by atoms with Gasteiger partial charge in [0.1, 0.15) is 0 Å². The van der Waals surface area contributed by atoms with E-state index in [0.717, 1.165) is 12.8 Å². The predicted molar refractivity (Wildman–Crippen MR) is 78.8 cm³/mol. The molecule has 0 saturated carbocycles. The molecular formula is C16H21NO4. The molecule has 0 spiro atoms. The van der Waals surface area contributed by atoms with E-state index in [4.69, 9.17) is 4.74 Å². The number of nitrogens with one attached hydrogen (secondary N) is 1. The summed E-state index contributed by atoms with van der Waals surface area (Å²) in [7, 11) is 0. The Morgan fingerprint density at radius 1 is 1.24 bits per heavy atom. The molecule has 5 nitrogen and oxygen atoms in total. The zero-order chi connectivity index (χ0) is 15.6. The molecule has 21 heavy (non-hydrogen) atoms. The second-order valence-corrected chi connectivity index (χ2v) is 5.93. The van der Waals surface area contributed by atoms with Crippen LogP contribution in [0.25, 0.3) is 0 Å². The molecule has 5 heteroatoms. The fourth-order valence-corrected chi connectivity index (χ4v) is 2.75. The third-order valence-corrected chi connectivity index (χ3v) is 3.92. The van der Waals surface area contributed by atoms with Crippen molar-refractivity contribution in [3.05, 3.63) is 34.4 Å². The number of carboxylic acid groups (broad SMARTS) is 1. The SMILES string of the molecule is Cc1ccc(C)c(C(=O)NC2(C)CCCOC2)c1C(=O)O. The lowest BCUT2D eigenvalue weighted by molar-refractivity contribution is 0.0271. The molecule has 1 fully saturated rings. The Bertz CT molecular complexity index is 574. The van der Waals surface area contributed by atoms with Crippen LogP contribution in [0.2, 0.25) is 0 Å². The van der Waals surface area contributed by atoms with Crippen molar-refractivity contribution in [1.29, 1.82) is 0 Å². The van der Waals surface area contributed by atoms with Gasteiger partial charge in [0.2, 0.25) is 0 Å². The molecule has 1 aromatic carbocycles. The molecule has 2 N–H and O–H groups in total. The van der Waals surface area contributed by atoms with E-state index in [1.54, 1.807) is 26.0 Å². The Morgan fingerprint density at radius 2 is 1.86 bits per heavy atom. The Balaban J connectivity index is 2.35. The van der Waals surface area contributed by atoms with E-state index in [9.17, 15) is 14.7 Å². The minimum absolute atomic E-state index is 0.0767.